The van der Waals surface area contributed by atoms with E-state index < -0.39 is 0 Å². The first kappa shape index (κ1) is 18.9. The molecule has 28 heavy (non-hydrogen) atoms. The van der Waals surface area contributed by atoms with Crippen LogP contribution >= 0.6 is 11.6 Å². The second kappa shape index (κ2) is 7.87. The summed E-state index contributed by atoms with van der Waals surface area (Å²) < 4.78 is 5.23. The summed E-state index contributed by atoms with van der Waals surface area (Å²) in [6.07, 6.45) is 3.87. The molecule has 4 rings (SSSR count). The minimum Gasteiger partial charge on any atom is -0.459 e. The van der Waals surface area contributed by atoms with E-state index >= 15 is 0 Å². The van der Waals surface area contributed by atoms with Crippen LogP contribution in [0.1, 0.15) is 29.0 Å². The van der Waals surface area contributed by atoms with Crippen LogP contribution in [0.4, 0.5) is 0 Å². The number of hydrogen-bond donors (Lipinski definition) is 1. The highest BCUT2D eigenvalue weighted by Gasteiger charge is 2.44. The molecule has 1 aliphatic carbocycles. The predicted molar refractivity (Wildman–Crippen MR) is 110 cm³/mol. The highest BCUT2D eigenvalue weighted by molar-refractivity contribution is 6.30. The molecule has 6 nitrogen and oxygen atoms in total. The van der Waals surface area contributed by atoms with E-state index in [2.05, 4.69) is 27.3 Å². The summed E-state index contributed by atoms with van der Waals surface area (Å²) in [7, 11) is 1.81. The normalized spacial score (nSPS) is 18.9. The number of nitrogens with one attached hydrogen (secondary N) is 1. The molecular weight excluding hydrogens is 376 g/mol. The zero-order chi connectivity index (χ0) is 19.6. The number of guanidine groups is 1. The van der Waals surface area contributed by atoms with Crippen LogP contribution < -0.4 is 5.32 Å². The van der Waals surface area contributed by atoms with Gasteiger partial charge in [0.05, 0.1) is 6.26 Å². The Hall–Kier alpha value is -2.47. The molecule has 1 N–H and O–H groups in total. The molecule has 0 atom stereocenters. The third kappa shape index (κ3) is 3.87. The number of nitrogens with zero attached hydrogens (tertiary/aromatic N) is 3. The smallest absolute Gasteiger partial charge is 0.289 e. The van der Waals surface area contributed by atoms with Gasteiger partial charge in [0.25, 0.3) is 5.91 Å². The molecule has 7 heteroatoms. The molecule has 1 aliphatic heterocycles. The lowest BCUT2D eigenvalue weighted by Gasteiger charge is -2.36. The summed E-state index contributed by atoms with van der Waals surface area (Å²) >= 11 is 6.03. The minimum atomic E-state index is -0.0488. The molecule has 1 amide bonds. The van der Waals surface area contributed by atoms with Crippen molar-refractivity contribution in [1.82, 2.24) is 15.1 Å². The first-order valence-corrected chi connectivity index (χ1v) is 10.0. The van der Waals surface area contributed by atoms with E-state index in [9.17, 15) is 4.79 Å². The zero-order valence-corrected chi connectivity index (χ0v) is 16.8. The Kier molecular flexibility index (Phi) is 5.31. The fourth-order valence-electron chi connectivity index (χ4n) is 3.78. The fourth-order valence-corrected chi connectivity index (χ4v) is 3.91. The van der Waals surface area contributed by atoms with E-state index in [1.165, 1.54) is 24.7 Å². The molecule has 2 aromatic rings. The van der Waals surface area contributed by atoms with Gasteiger partial charge in [-0.25, -0.2) is 0 Å². The second-order valence-corrected chi connectivity index (χ2v) is 7.88. The quantitative estimate of drug-likeness (QED) is 0.633. The van der Waals surface area contributed by atoms with Crippen molar-refractivity contribution in [2.45, 2.75) is 18.3 Å². The van der Waals surface area contributed by atoms with Gasteiger partial charge < -0.3 is 19.5 Å². The Balaban J connectivity index is 1.32. The number of rotatable bonds is 4. The molecule has 0 bridgehead atoms. The maximum atomic E-state index is 12.4. The van der Waals surface area contributed by atoms with Crippen molar-refractivity contribution in [1.29, 1.82) is 0 Å². The number of aliphatic imine (C=N–C) groups is 1. The van der Waals surface area contributed by atoms with Crippen molar-refractivity contribution in [2.24, 2.45) is 4.99 Å². The summed E-state index contributed by atoms with van der Waals surface area (Å²) in [6, 6.07) is 11.6. The number of furan rings is 1. The van der Waals surface area contributed by atoms with E-state index in [0.717, 1.165) is 30.6 Å². The van der Waals surface area contributed by atoms with E-state index in [0.29, 0.717) is 18.8 Å². The fraction of sp³-hybridized carbons (Fsp3) is 0.429. The van der Waals surface area contributed by atoms with Gasteiger partial charge in [-0.05, 0) is 42.7 Å². The van der Waals surface area contributed by atoms with Gasteiger partial charge in [0.1, 0.15) is 0 Å². The molecule has 0 unspecified atom stereocenters. The van der Waals surface area contributed by atoms with Crippen LogP contribution in [0.3, 0.4) is 0 Å². The van der Waals surface area contributed by atoms with Gasteiger partial charge in [-0.3, -0.25) is 9.79 Å². The summed E-state index contributed by atoms with van der Waals surface area (Å²) in [5.41, 5.74) is 1.51. The van der Waals surface area contributed by atoms with Crippen LogP contribution in [-0.2, 0) is 5.41 Å². The molecule has 1 saturated heterocycles. The van der Waals surface area contributed by atoms with Gasteiger partial charge in [-0.15, -0.1) is 0 Å². The van der Waals surface area contributed by atoms with Gasteiger partial charge >= 0.3 is 0 Å². The van der Waals surface area contributed by atoms with E-state index in [1.807, 2.05) is 24.1 Å². The van der Waals surface area contributed by atoms with Gasteiger partial charge in [-0.1, -0.05) is 23.7 Å². The molecular formula is C21H25ClN4O2. The Morgan fingerprint density at radius 1 is 1.14 bits per heavy atom. The highest BCUT2D eigenvalue weighted by atomic mass is 35.5. The second-order valence-electron chi connectivity index (χ2n) is 7.44. The lowest BCUT2D eigenvalue weighted by Crippen LogP contribution is -2.54. The van der Waals surface area contributed by atoms with E-state index in [1.54, 1.807) is 12.1 Å². The molecule has 148 valence electrons. The van der Waals surface area contributed by atoms with Crippen LogP contribution in [0.25, 0.3) is 0 Å². The first-order chi connectivity index (χ1) is 13.6. The molecule has 2 aliphatic rings. The Labute approximate surface area is 170 Å². The van der Waals surface area contributed by atoms with Gasteiger partial charge in [-0.2, -0.15) is 0 Å². The third-order valence-electron chi connectivity index (χ3n) is 5.71. The predicted octanol–water partition coefficient (Wildman–Crippen LogP) is 3.00. The number of halogens is 1. The van der Waals surface area contributed by atoms with Gasteiger partial charge in [0.15, 0.2) is 11.7 Å². The number of piperazine rings is 1. The highest BCUT2D eigenvalue weighted by Crippen LogP contribution is 2.47. The number of carbonyl (C=O) groups excluding carboxylic acids is 1. The molecule has 0 radical (unpaired) electrons. The van der Waals surface area contributed by atoms with Crippen molar-refractivity contribution in [3.05, 3.63) is 59.0 Å². The Bertz CT molecular complexity index is 836. The number of amides is 1. The molecule has 1 aromatic heterocycles. The van der Waals surface area contributed by atoms with E-state index in [-0.39, 0.29) is 11.3 Å². The van der Waals surface area contributed by atoms with Crippen molar-refractivity contribution < 1.29 is 9.21 Å². The van der Waals surface area contributed by atoms with Crippen LogP contribution in [0.5, 0.6) is 0 Å². The molecule has 1 saturated carbocycles. The summed E-state index contributed by atoms with van der Waals surface area (Å²) in [5, 5.41) is 4.32. The van der Waals surface area contributed by atoms with Crippen molar-refractivity contribution >= 4 is 23.5 Å². The van der Waals surface area contributed by atoms with Crippen LogP contribution in [-0.4, -0.2) is 61.4 Å². The molecule has 2 fully saturated rings. The minimum absolute atomic E-state index is 0.0488. The topological polar surface area (TPSA) is 61.1 Å². The summed E-state index contributed by atoms with van der Waals surface area (Å²) in [5.74, 6) is 1.24. The number of hydrogen-bond acceptors (Lipinski definition) is 3. The maximum absolute atomic E-state index is 12.4. The summed E-state index contributed by atoms with van der Waals surface area (Å²) in [4.78, 5) is 20.9. The number of carbonyl (C=O) groups is 1. The lowest BCUT2D eigenvalue weighted by molar-refractivity contribution is 0.0657. The number of benzene rings is 1. The van der Waals surface area contributed by atoms with Crippen molar-refractivity contribution in [3.63, 3.8) is 0 Å². The van der Waals surface area contributed by atoms with E-state index in [4.69, 9.17) is 16.0 Å². The van der Waals surface area contributed by atoms with Gasteiger partial charge in [0, 0.05) is 50.2 Å². The van der Waals surface area contributed by atoms with Crippen molar-refractivity contribution in [3.8, 4) is 0 Å². The molecule has 1 aromatic carbocycles. The SMILES string of the molecule is CN=C(NCC1(c2ccc(Cl)cc2)CC1)N1CCN(C(=O)c2ccco2)CC1. The van der Waals surface area contributed by atoms with Crippen LogP contribution in [0, 0.1) is 0 Å². The monoisotopic (exact) mass is 400 g/mol. The largest absolute Gasteiger partial charge is 0.459 e. The standard InChI is InChI=1S/C21H25ClN4O2/c1-23-20(24-15-21(8-9-21)16-4-6-17(22)7-5-16)26-12-10-25(11-13-26)19(27)18-3-2-14-28-18/h2-7,14H,8-13,15H2,1H3,(H,23,24). The Morgan fingerprint density at radius 2 is 1.82 bits per heavy atom. The lowest BCUT2D eigenvalue weighted by atomic mass is 9.96. The third-order valence-corrected chi connectivity index (χ3v) is 5.96. The average Bonchev–Trinajstić information content (AvgIpc) is 3.31. The van der Waals surface area contributed by atoms with Crippen molar-refractivity contribution in [2.75, 3.05) is 39.8 Å². The van der Waals surface area contributed by atoms with Crippen LogP contribution in [0.15, 0.2) is 52.1 Å². The zero-order valence-electron chi connectivity index (χ0n) is 16.0. The summed E-state index contributed by atoms with van der Waals surface area (Å²) in [6.45, 7) is 3.66. The molecule has 2 heterocycles. The Morgan fingerprint density at radius 3 is 2.39 bits per heavy atom. The first-order valence-electron chi connectivity index (χ1n) is 9.66. The van der Waals surface area contributed by atoms with Crippen LogP contribution in [0.2, 0.25) is 5.02 Å². The molecule has 0 spiro atoms. The van der Waals surface area contributed by atoms with Gasteiger partial charge in [0.2, 0.25) is 0 Å². The average molecular weight is 401 g/mol. The maximum Gasteiger partial charge on any atom is 0.289 e.